The summed E-state index contributed by atoms with van der Waals surface area (Å²) in [5.74, 6) is 0.456. The normalized spacial score (nSPS) is 30.2. The van der Waals surface area contributed by atoms with Crippen molar-refractivity contribution in [3.05, 3.63) is 35.4 Å². The molecule has 2 amide bonds. The number of nitrogens with one attached hydrogen (secondary N) is 1. The SMILES string of the molecule is CN(Cc1ccc(C(=O)N2CC3(C)CC2CC(C)(C)C3)cc1)C(=O)C1CCCNC1. The molecule has 1 aliphatic carbocycles. The zero-order valence-corrected chi connectivity index (χ0v) is 19.0. The summed E-state index contributed by atoms with van der Waals surface area (Å²) in [4.78, 5) is 29.9. The quantitative estimate of drug-likeness (QED) is 0.822. The van der Waals surface area contributed by atoms with Crippen molar-refractivity contribution in [3.63, 3.8) is 0 Å². The predicted molar refractivity (Wildman–Crippen MR) is 119 cm³/mol. The van der Waals surface area contributed by atoms with Crippen molar-refractivity contribution in [2.24, 2.45) is 16.7 Å². The van der Waals surface area contributed by atoms with Gasteiger partial charge in [-0.2, -0.15) is 0 Å². The van der Waals surface area contributed by atoms with E-state index in [4.69, 9.17) is 0 Å². The number of hydrogen-bond donors (Lipinski definition) is 1. The number of nitrogens with zero attached hydrogens (tertiary/aromatic N) is 2. The van der Waals surface area contributed by atoms with Crippen LogP contribution in [-0.2, 0) is 11.3 Å². The summed E-state index contributed by atoms with van der Waals surface area (Å²) in [5, 5.41) is 3.31. The fourth-order valence-electron chi connectivity index (χ4n) is 6.34. The smallest absolute Gasteiger partial charge is 0.254 e. The highest BCUT2D eigenvalue weighted by molar-refractivity contribution is 5.94. The molecule has 4 rings (SSSR count). The van der Waals surface area contributed by atoms with Crippen LogP contribution in [-0.4, -0.2) is 54.3 Å². The molecule has 1 aromatic carbocycles. The van der Waals surface area contributed by atoms with E-state index in [0.29, 0.717) is 18.0 Å². The van der Waals surface area contributed by atoms with E-state index in [1.165, 1.54) is 6.42 Å². The van der Waals surface area contributed by atoms with Gasteiger partial charge in [-0.25, -0.2) is 0 Å². The largest absolute Gasteiger partial charge is 0.341 e. The van der Waals surface area contributed by atoms with Gasteiger partial charge in [-0.3, -0.25) is 9.59 Å². The van der Waals surface area contributed by atoms with Crippen LogP contribution in [0.4, 0.5) is 0 Å². The third-order valence-corrected chi connectivity index (χ3v) is 7.32. The number of rotatable bonds is 4. The van der Waals surface area contributed by atoms with Gasteiger partial charge >= 0.3 is 0 Å². The van der Waals surface area contributed by atoms with Crippen molar-refractivity contribution in [2.45, 2.75) is 65.5 Å². The van der Waals surface area contributed by atoms with Crippen molar-refractivity contribution in [1.29, 1.82) is 0 Å². The predicted octanol–water partition coefficient (Wildman–Crippen LogP) is 3.69. The minimum Gasteiger partial charge on any atom is -0.341 e. The second kappa shape index (κ2) is 7.99. The molecular weight excluding hydrogens is 374 g/mol. The average molecular weight is 412 g/mol. The Hall–Kier alpha value is -1.88. The van der Waals surface area contributed by atoms with Crippen LogP contribution in [0.5, 0.6) is 0 Å². The minimum absolute atomic E-state index is 0.0877. The van der Waals surface area contributed by atoms with Crippen LogP contribution in [0.1, 0.15) is 68.8 Å². The summed E-state index contributed by atoms with van der Waals surface area (Å²) in [6.07, 6.45) is 5.44. The molecule has 0 aromatic heterocycles. The molecule has 3 unspecified atom stereocenters. The molecule has 2 heterocycles. The number of fused-ring (bicyclic) bond motifs is 2. The summed E-state index contributed by atoms with van der Waals surface area (Å²) in [6.45, 7) is 10.3. The first kappa shape index (κ1) is 21.4. The number of carbonyl (C=O) groups excluding carboxylic acids is 2. The lowest BCUT2D eigenvalue weighted by molar-refractivity contribution is -0.135. The molecule has 0 spiro atoms. The van der Waals surface area contributed by atoms with Gasteiger partial charge in [0.2, 0.25) is 5.91 Å². The fourth-order valence-corrected chi connectivity index (χ4v) is 6.34. The molecule has 3 aliphatic rings. The van der Waals surface area contributed by atoms with Gasteiger partial charge in [0.1, 0.15) is 0 Å². The van der Waals surface area contributed by atoms with E-state index in [9.17, 15) is 9.59 Å². The Balaban J connectivity index is 1.39. The van der Waals surface area contributed by atoms with E-state index in [-0.39, 0.29) is 23.1 Å². The summed E-state index contributed by atoms with van der Waals surface area (Å²) in [7, 11) is 1.88. The third-order valence-electron chi connectivity index (χ3n) is 7.32. The van der Waals surface area contributed by atoms with Gasteiger partial charge in [0.15, 0.2) is 0 Å². The minimum atomic E-state index is 0.0877. The molecule has 1 aromatic rings. The molecule has 2 aliphatic heterocycles. The lowest BCUT2D eigenvalue weighted by Gasteiger charge is -2.39. The van der Waals surface area contributed by atoms with Crippen LogP contribution in [0.2, 0.25) is 0 Å². The number of amides is 2. The fraction of sp³-hybridized carbons (Fsp3) is 0.680. The molecule has 2 saturated heterocycles. The molecule has 5 heteroatoms. The zero-order chi connectivity index (χ0) is 21.5. The van der Waals surface area contributed by atoms with E-state index < -0.39 is 0 Å². The van der Waals surface area contributed by atoms with Gasteiger partial charge in [0, 0.05) is 38.3 Å². The van der Waals surface area contributed by atoms with Crippen LogP contribution in [0.15, 0.2) is 24.3 Å². The van der Waals surface area contributed by atoms with E-state index >= 15 is 0 Å². The molecule has 3 fully saturated rings. The Morgan fingerprint density at radius 1 is 1.17 bits per heavy atom. The van der Waals surface area contributed by atoms with Gasteiger partial charge < -0.3 is 15.1 Å². The van der Waals surface area contributed by atoms with Gasteiger partial charge in [0.05, 0.1) is 5.92 Å². The molecule has 0 radical (unpaired) electrons. The number of hydrogen-bond acceptors (Lipinski definition) is 3. The maximum Gasteiger partial charge on any atom is 0.254 e. The molecule has 164 valence electrons. The second-order valence-electron chi connectivity index (χ2n) is 11.1. The Kier molecular flexibility index (Phi) is 5.69. The summed E-state index contributed by atoms with van der Waals surface area (Å²) < 4.78 is 0. The van der Waals surface area contributed by atoms with Gasteiger partial charge in [-0.15, -0.1) is 0 Å². The van der Waals surface area contributed by atoms with Crippen LogP contribution in [0.3, 0.4) is 0 Å². The maximum atomic E-state index is 13.2. The highest BCUT2D eigenvalue weighted by Gasteiger charge is 2.51. The molecule has 5 nitrogen and oxygen atoms in total. The molecule has 3 atom stereocenters. The average Bonchev–Trinajstić information content (AvgIpc) is 2.96. The Morgan fingerprint density at radius 3 is 2.57 bits per heavy atom. The number of benzene rings is 1. The van der Waals surface area contributed by atoms with Crippen molar-refractivity contribution in [2.75, 3.05) is 26.7 Å². The lowest BCUT2D eigenvalue weighted by atomic mass is 9.65. The topological polar surface area (TPSA) is 52.7 Å². The summed E-state index contributed by atoms with van der Waals surface area (Å²) in [5.41, 5.74) is 2.39. The van der Waals surface area contributed by atoms with Crippen LogP contribution in [0.25, 0.3) is 0 Å². The van der Waals surface area contributed by atoms with E-state index in [0.717, 1.165) is 56.4 Å². The monoisotopic (exact) mass is 411 g/mol. The molecule has 2 bridgehead atoms. The second-order valence-corrected chi connectivity index (χ2v) is 11.1. The molecule has 1 N–H and O–H groups in total. The Morgan fingerprint density at radius 2 is 1.90 bits per heavy atom. The first-order valence-corrected chi connectivity index (χ1v) is 11.5. The number of likely N-dealkylation sites (tertiary alicyclic amines) is 1. The van der Waals surface area contributed by atoms with Crippen molar-refractivity contribution >= 4 is 11.8 Å². The maximum absolute atomic E-state index is 13.2. The first-order valence-electron chi connectivity index (χ1n) is 11.5. The lowest BCUT2D eigenvalue weighted by Crippen LogP contribution is -2.41. The van der Waals surface area contributed by atoms with Crippen LogP contribution in [0, 0.1) is 16.7 Å². The first-order chi connectivity index (χ1) is 14.2. The summed E-state index contributed by atoms with van der Waals surface area (Å²) in [6, 6.07) is 8.24. The van der Waals surface area contributed by atoms with E-state index in [2.05, 4.69) is 31.0 Å². The van der Waals surface area contributed by atoms with Crippen molar-refractivity contribution < 1.29 is 9.59 Å². The van der Waals surface area contributed by atoms with Crippen LogP contribution < -0.4 is 5.32 Å². The molecular formula is C25H37N3O2. The summed E-state index contributed by atoms with van der Waals surface area (Å²) >= 11 is 0. The Bertz CT molecular complexity index is 797. The highest BCUT2D eigenvalue weighted by Crippen LogP contribution is 2.52. The Labute approximate surface area is 181 Å². The van der Waals surface area contributed by atoms with E-state index in [1.807, 2.05) is 36.2 Å². The van der Waals surface area contributed by atoms with Crippen LogP contribution >= 0.6 is 0 Å². The standard InChI is InChI=1S/C25H37N3O2/c1-24(2)12-21-13-25(3,16-24)17-28(21)23(30)19-9-7-18(8-10-19)15-27(4)22(29)20-6-5-11-26-14-20/h7-10,20-21,26H,5-6,11-17H2,1-4H3. The number of piperidine rings is 1. The third kappa shape index (κ3) is 4.41. The number of carbonyl (C=O) groups is 2. The highest BCUT2D eigenvalue weighted by atomic mass is 16.2. The zero-order valence-electron chi connectivity index (χ0n) is 19.0. The molecule has 1 saturated carbocycles. The van der Waals surface area contributed by atoms with Gasteiger partial charge in [-0.1, -0.05) is 32.9 Å². The van der Waals surface area contributed by atoms with Gasteiger partial charge in [-0.05, 0) is 67.2 Å². The van der Waals surface area contributed by atoms with Crippen molar-refractivity contribution in [1.82, 2.24) is 15.1 Å². The van der Waals surface area contributed by atoms with Crippen molar-refractivity contribution in [3.8, 4) is 0 Å². The van der Waals surface area contributed by atoms with E-state index in [1.54, 1.807) is 0 Å². The molecule has 30 heavy (non-hydrogen) atoms. The van der Waals surface area contributed by atoms with Gasteiger partial charge in [0.25, 0.3) is 5.91 Å².